The third-order valence-corrected chi connectivity index (χ3v) is 4.40. The fraction of sp³-hybridized carbons (Fsp3) is 0.182. The maximum Gasteiger partial charge on any atom is 0.242 e. The number of rotatable bonds is 5. The van der Waals surface area contributed by atoms with E-state index in [1.165, 1.54) is 29.1 Å². The first-order valence-electron chi connectivity index (χ1n) is 5.56. The first-order valence-corrected chi connectivity index (χ1v) is 7.42. The number of halogens is 1. The predicted molar refractivity (Wildman–Crippen MR) is 71.4 cm³/mol. The molecule has 104 valence electrons. The Labute approximate surface area is 120 Å². The summed E-state index contributed by atoms with van der Waals surface area (Å²) in [6.45, 7) is 0.480. The van der Waals surface area contributed by atoms with Gasteiger partial charge in [0.25, 0.3) is 0 Å². The molecule has 0 radical (unpaired) electrons. The van der Waals surface area contributed by atoms with E-state index in [1.54, 1.807) is 6.20 Å². The van der Waals surface area contributed by atoms with Crippen LogP contribution < -0.4 is 4.72 Å². The monoisotopic (exact) mass is 311 g/mol. The summed E-state index contributed by atoms with van der Waals surface area (Å²) in [6, 6.07) is 5.94. The minimum atomic E-state index is -3.77. The van der Waals surface area contributed by atoms with Crippen LogP contribution >= 0.6 is 11.6 Å². The summed E-state index contributed by atoms with van der Waals surface area (Å²) in [5, 5.41) is 16.2. The highest BCUT2D eigenvalue weighted by Gasteiger charge is 2.18. The molecule has 0 amide bonds. The lowest BCUT2D eigenvalue weighted by Crippen LogP contribution is -2.28. The van der Waals surface area contributed by atoms with E-state index < -0.39 is 10.0 Å². The summed E-state index contributed by atoms with van der Waals surface area (Å²) in [4.78, 5) is -0.114. The molecule has 0 bridgehead atoms. The molecule has 0 spiro atoms. The highest BCUT2D eigenvalue weighted by molar-refractivity contribution is 7.89. The SMILES string of the molecule is N#Cc1ccc(Cl)c(S(=O)(=O)NCCn2ccnn2)c1. The highest BCUT2D eigenvalue weighted by Crippen LogP contribution is 2.22. The molecule has 1 aromatic carbocycles. The third-order valence-electron chi connectivity index (χ3n) is 2.45. The number of hydrogen-bond acceptors (Lipinski definition) is 5. The van der Waals surface area contributed by atoms with Crippen molar-refractivity contribution in [2.24, 2.45) is 0 Å². The number of nitriles is 1. The van der Waals surface area contributed by atoms with Crippen LogP contribution in [0.15, 0.2) is 35.5 Å². The zero-order valence-electron chi connectivity index (χ0n) is 10.2. The second-order valence-corrected chi connectivity index (χ2v) is 5.96. The van der Waals surface area contributed by atoms with Gasteiger partial charge in [0, 0.05) is 12.7 Å². The van der Waals surface area contributed by atoms with Gasteiger partial charge in [-0.05, 0) is 18.2 Å². The molecule has 2 rings (SSSR count). The molecule has 20 heavy (non-hydrogen) atoms. The molecular formula is C11H10ClN5O2S. The highest BCUT2D eigenvalue weighted by atomic mass is 35.5. The molecule has 7 nitrogen and oxygen atoms in total. The van der Waals surface area contributed by atoms with Crippen molar-refractivity contribution in [3.05, 3.63) is 41.2 Å². The maximum atomic E-state index is 12.1. The fourth-order valence-corrected chi connectivity index (χ4v) is 3.05. The van der Waals surface area contributed by atoms with E-state index in [4.69, 9.17) is 16.9 Å². The van der Waals surface area contributed by atoms with Gasteiger partial charge in [-0.1, -0.05) is 16.8 Å². The fourth-order valence-electron chi connectivity index (χ4n) is 1.50. The van der Waals surface area contributed by atoms with Crippen molar-refractivity contribution in [3.63, 3.8) is 0 Å². The Kier molecular flexibility index (Phi) is 4.34. The zero-order chi connectivity index (χ0) is 14.6. The summed E-state index contributed by atoms with van der Waals surface area (Å²) >= 11 is 5.86. The van der Waals surface area contributed by atoms with E-state index in [9.17, 15) is 8.42 Å². The van der Waals surface area contributed by atoms with Gasteiger partial charge in [-0.2, -0.15) is 5.26 Å². The van der Waals surface area contributed by atoms with Crippen molar-refractivity contribution in [3.8, 4) is 6.07 Å². The normalized spacial score (nSPS) is 11.2. The Hall–Kier alpha value is -1.95. The molecule has 0 saturated heterocycles. The van der Waals surface area contributed by atoms with Crippen LogP contribution in [0.2, 0.25) is 5.02 Å². The van der Waals surface area contributed by atoms with E-state index in [2.05, 4.69) is 15.0 Å². The lowest BCUT2D eigenvalue weighted by atomic mass is 10.2. The van der Waals surface area contributed by atoms with Crippen molar-refractivity contribution < 1.29 is 8.42 Å². The van der Waals surface area contributed by atoms with Crippen LogP contribution in [0.25, 0.3) is 0 Å². The quantitative estimate of drug-likeness (QED) is 0.879. The van der Waals surface area contributed by atoms with Gasteiger partial charge in [-0.3, -0.25) is 4.68 Å². The van der Waals surface area contributed by atoms with Gasteiger partial charge in [0.15, 0.2) is 0 Å². The number of hydrogen-bond donors (Lipinski definition) is 1. The largest absolute Gasteiger partial charge is 0.251 e. The van der Waals surface area contributed by atoms with E-state index >= 15 is 0 Å². The minimum absolute atomic E-state index is 0.0669. The number of aromatic nitrogens is 3. The lowest BCUT2D eigenvalue weighted by molar-refractivity contribution is 0.553. The second kappa shape index (κ2) is 6.00. The van der Waals surface area contributed by atoms with Gasteiger partial charge >= 0.3 is 0 Å². The lowest BCUT2D eigenvalue weighted by Gasteiger charge is -2.08. The van der Waals surface area contributed by atoms with Gasteiger partial charge in [-0.25, -0.2) is 13.1 Å². The summed E-state index contributed by atoms with van der Waals surface area (Å²) < 4.78 is 28.1. The van der Waals surface area contributed by atoms with Gasteiger partial charge in [-0.15, -0.1) is 5.10 Å². The molecule has 1 N–H and O–H groups in total. The van der Waals surface area contributed by atoms with Crippen LogP contribution in [-0.2, 0) is 16.6 Å². The first-order chi connectivity index (χ1) is 9.53. The van der Waals surface area contributed by atoms with E-state index in [0.717, 1.165) is 0 Å². The Balaban J connectivity index is 2.12. The van der Waals surface area contributed by atoms with Gasteiger partial charge in [0.05, 0.1) is 29.4 Å². The second-order valence-electron chi connectivity index (χ2n) is 3.82. The van der Waals surface area contributed by atoms with Gasteiger partial charge < -0.3 is 0 Å². The number of nitrogens with zero attached hydrogens (tertiary/aromatic N) is 4. The van der Waals surface area contributed by atoms with E-state index in [-0.39, 0.29) is 22.0 Å². The van der Waals surface area contributed by atoms with Crippen molar-refractivity contribution in [2.45, 2.75) is 11.4 Å². The summed E-state index contributed by atoms with van der Waals surface area (Å²) in [5.41, 5.74) is 0.228. The Morgan fingerprint density at radius 2 is 2.25 bits per heavy atom. The van der Waals surface area contributed by atoms with Crippen LogP contribution in [0, 0.1) is 11.3 Å². The van der Waals surface area contributed by atoms with E-state index in [0.29, 0.717) is 6.54 Å². The topological polar surface area (TPSA) is 101 Å². The molecule has 0 aliphatic carbocycles. The molecule has 0 unspecified atom stereocenters. The summed E-state index contributed by atoms with van der Waals surface area (Å²) in [5.74, 6) is 0. The Morgan fingerprint density at radius 3 is 2.90 bits per heavy atom. The smallest absolute Gasteiger partial charge is 0.242 e. The third kappa shape index (κ3) is 3.33. The van der Waals surface area contributed by atoms with Crippen LogP contribution in [0.5, 0.6) is 0 Å². The van der Waals surface area contributed by atoms with Gasteiger partial charge in [0.1, 0.15) is 4.90 Å². The zero-order valence-corrected chi connectivity index (χ0v) is 11.8. The van der Waals surface area contributed by atoms with Crippen LogP contribution in [-0.4, -0.2) is 30.0 Å². The molecule has 0 atom stereocenters. The number of benzene rings is 1. The number of sulfonamides is 1. The molecular weight excluding hydrogens is 302 g/mol. The Morgan fingerprint density at radius 1 is 1.45 bits per heavy atom. The summed E-state index contributed by atoms with van der Waals surface area (Å²) in [6.07, 6.45) is 3.12. The standard InChI is InChI=1S/C11H10ClN5O2S/c12-10-2-1-9(8-13)7-11(10)20(18,19)15-4-6-17-5-3-14-16-17/h1-3,5,7,15H,4,6H2. The van der Waals surface area contributed by atoms with Crippen LogP contribution in [0.3, 0.4) is 0 Å². The molecule has 0 aliphatic rings. The first kappa shape index (κ1) is 14.5. The maximum absolute atomic E-state index is 12.1. The van der Waals surface area contributed by atoms with E-state index in [1.807, 2.05) is 6.07 Å². The van der Waals surface area contributed by atoms with Crippen molar-refractivity contribution in [1.29, 1.82) is 5.26 Å². The van der Waals surface area contributed by atoms with Crippen molar-refractivity contribution in [2.75, 3.05) is 6.54 Å². The molecule has 0 saturated carbocycles. The molecule has 2 aromatic rings. The minimum Gasteiger partial charge on any atom is -0.251 e. The molecule has 0 aliphatic heterocycles. The predicted octanol–water partition coefficient (Wildman–Crippen LogP) is 0.782. The van der Waals surface area contributed by atoms with Crippen LogP contribution in [0.4, 0.5) is 0 Å². The average molecular weight is 312 g/mol. The molecule has 1 heterocycles. The van der Waals surface area contributed by atoms with Crippen molar-refractivity contribution in [1.82, 2.24) is 19.7 Å². The Bertz CT molecular complexity index is 737. The molecule has 0 fully saturated rings. The molecule has 9 heteroatoms. The van der Waals surface area contributed by atoms with Crippen LogP contribution in [0.1, 0.15) is 5.56 Å². The molecule has 1 aromatic heterocycles. The van der Waals surface area contributed by atoms with Gasteiger partial charge in [0.2, 0.25) is 10.0 Å². The average Bonchev–Trinajstić information content (AvgIpc) is 2.92. The summed E-state index contributed by atoms with van der Waals surface area (Å²) in [7, 11) is -3.77. The van der Waals surface area contributed by atoms with Crippen molar-refractivity contribution >= 4 is 21.6 Å². The number of nitrogens with one attached hydrogen (secondary N) is 1.